The fraction of sp³-hybridized carbons (Fsp3) is 0.0833. The number of halogens is 2. The van der Waals surface area contributed by atoms with Crippen LogP contribution < -0.4 is 10.6 Å². The van der Waals surface area contributed by atoms with Crippen LogP contribution in [0.5, 0.6) is 0 Å². The fourth-order valence-corrected chi connectivity index (χ4v) is 3.67. The number of nitrogens with one attached hydrogen (secondary N) is 2. The summed E-state index contributed by atoms with van der Waals surface area (Å²) in [5.74, 6) is -0.917. The second kappa shape index (κ2) is 8.62. The Balaban J connectivity index is 1.67. The number of amides is 2. The van der Waals surface area contributed by atoms with Gasteiger partial charge in [-0.05, 0) is 36.4 Å². The zero-order valence-corrected chi connectivity index (χ0v) is 17.4. The van der Waals surface area contributed by atoms with Gasteiger partial charge in [-0.3, -0.25) is 9.59 Å². The lowest BCUT2D eigenvalue weighted by molar-refractivity contribution is -0.114. The quantitative estimate of drug-likeness (QED) is 0.423. The van der Waals surface area contributed by atoms with Crippen LogP contribution in [0.4, 0.5) is 15.8 Å². The minimum absolute atomic E-state index is 0.213. The Hall–Kier alpha value is -3.64. The third-order valence-electron chi connectivity index (χ3n) is 4.87. The molecule has 1 heterocycles. The van der Waals surface area contributed by atoms with Crippen LogP contribution in [0.3, 0.4) is 0 Å². The maximum atomic E-state index is 14.3. The van der Waals surface area contributed by atoms with Crippen molar-refractivity contribution >= 4 is 45.7 Å². The highest BCUT2D eigenvalue weighted by Gasteiger charge is 2.17. The Kier molecular flexibility index (Phi) is 5.73. The Morgan fingerprint density at radius 2 is 1.71 bits per heavy atom. The van der Waals surface area contributed by atoms with Crippen LogP contribution >= 0.6 is 11.6 Å². The van der Waals surface area contributed by atoms with Gasteiger partial charge in [-0.25, -0.2) is 4.39 Å². The van der Waals surface area contributed by atoms with E-state index in [1.54, 1.807) is 47.0 Å². The Morgan fingerprint density at radius 1 is 0.968 bits per heavy atom. The fourth-order valence-electron chi connectivity index (χ4n) is 3.44. The van der Waals surface area contributed by atoms with Crippen molar-refractivity contribution in [3.05, 3.63) is 94.9 Å². The van der Waals surface area contributed by atoms with E-state index >= 15 is 0 Å². The highest BCUT2D eigenvalue weighted by molar-refractivity contribution is 6.34. The molecule has 0 saturated carbocycles. The molecule has 0 radical (unpaired) electrons. The van der Waals surface area contributed by atoms with Gasteiger partial charge in [0.05, 0.1) is 17.3 Å². The van der Waals surface area contributed by atoms with Crippen molar-refractivity contribution in [2.75, 3.05) is 10.6 Å². The predicted molar refractivity (Wildman–Crippen MR) is 121 cm³/mol. The Labute approximate surface area is 183 Å². The largest absolute Gasteiger partial charge is 0.332 e. The van der Waals surface area contributed by atoms with Gasteiger partial charge in [-0.15, -0.1) is 0 Å². The molecule has 4 aromatic rings. The van der Waals surface area contributed by atoms with Crippen molar-refractivity contribution in [3.63, 3.8) is 0 Å². The van der Waals surface area contributed by atoms with E-state index < -0.39 is 0 Å². The Morgan fingerprint density at radius 3 is 2.45 bits per heavy atom. The van der Waals surface area contributed by atoms with E-state index in [4.69, 9.17) is 11.6 Å². The van der Waals surface area contributed by atoms with Crippen molar-refractivity contribution in [2.45, 2.75) is 13.5 Å². The number of aromatic nitrogens is 1. The predicted octanol–water partition coefficient (Wildman–Crippen LogP) is 5.69. The number of carbonyl (C=O) groups excluding carboxylic acids is 2. The number of nitrogens with zero attached hydrogens (tertiary/aromatic N) is 1. The van der Waals surface area contributed by atoms with Gasteiger partial charge < -0.3 is 15.2 Å². The van der Waals surface area contributed by atoms with Crippen LogP contribution in [0.1, 0.15) is 23.0 Å². The summed E-state index contributed by atoms with van der Waals surface area (Å²) < 4.78 is 16.1. The first-order valence-electron chi connectivity index (χ1n) is 9.62. The molecule has 0 aliphatic carbocycles. The first kappa shape index (κ1) is 20.6. The third kappa shape index (κ3) is 4.44. The molecule has 31 heavy (non-hydrogen) atoms. The summed E-state index contributed by atoms with van der Waals surface area (Å²) in [7, 11) is 0. The second-order valence-electron chi connectivity index (χ2n) is 7.10. The standard InChI is InChI=1S/C24H19ClFN3O2/c1-15(30)27-21-11-10-18(13-19(21)25)28-24(31)23-12-16-6-3-5-9-22(16)29(23)14-17-7-2-4-8-20(17)26/h2-13H,14H2,1H3,(H,27,30)(H,28,31). The van der Waals surface area contributed by atoms with Gasteiger partial charge in [0.1, 0.15) is 11.5 Å². The molecule has 2 amide bonds. The molecule has 0 saturated heterocycles. The molecule has 156 valence electrons. The summed E-state index contributed by atoms with van der Waals surface area (Å²) in [4.78, 5) is 24.4. The average molecular weight is 436 g/mol. The van der Waals surface area contributed by atoms with Gasteiger partial charge in [0.15, 0.2) is 0 Å². The van der Waals surface area contributed by atoms with Crippen LogP contribution in [0, 0.1) is 5.82 Å². The summed E-state index contributed by atoms with van der Waals surface area (Å²) in [6.07, 6.45) is 0. The number of fused-ring (bicyclic) bond motifs is 1. The molecule has 5 nitrogen and oxygen atoms in total. The molecule has 1 aromatic heterocycles. The highest BCUT2D eigenvalue weighted by Crippen LogP contribution is 2.27. The van der Waals surface area contributed by atoms with E-state index in [0.29, 0.717) is 27.7 Å². The molecule has 7 heteroatoms. The normalized spacial score (nSPS) is 10.8. The second-order valence-corrected chi connectivity index (χ2v) is 7.50. The van der Waals surface area contributed by atoms with Crippen molar-refractivity contribution in [1.29, 1.82) is 0 Å². The van der Waals surface area contributed by atoms with Gasteiger partial charge in [0.25, 0.3) is 5.91 Å². The smallest absolute Gasteiger partial charge is 0.272 e. The lowest BCUT2D eigenvalue weighted by Gasteiger charge is -2.13. The number of para-hydroxylation sites is 1. The van der Waals surface area contributed by atoms with E-state index in [2.05, 4.69) is 10.6 Å². The molecule has 0 bridgehead atoms. The summed E-state index contributed by atoms with van der Waals surface area (Å²) in [6.45, 7) is 1.60. The van der Waals surface area contributed by atoms with Crippen molar-refractivity contribution in [1.82, 2.24) is 4.57 Å². The minimum atomic E-state index is -0.351. The van der Waals surface area contributed by atoms with Gasteiger partial charge in [-0.2, -0.15) is 0 Å². The topological polar surface area (TPSA) is 63.1 Å². The summed E-state index contributed by atoms with van der Waals surface area (Å²) in [6, 6.07) is 20.7. The van der Waals surface area contributed by atoms with Crippen LogP contribution in [-0.2, 0) is 11.3 Å². The van der Waals surface area contributed by atoms with Crippen LogP contribution in [0.25, 0.3) is 10.9 Å². The number of hydrogen-bond donors (Lipinski definition) is 2. The van der Waals surface area contributed by atoms with Gasteiger partial charge in [0.2, 0.25) is 5.91 Å². The molecule has 0 unspecified atom stereocenters. The molecule has 0 atom stereocenters. The van der Waals surface area contributed by atoms with E-state index in [1.165, 1.54) is 13.0 Å². The van der Waals surface area contributed by atoms with E-state index in [-0.39, 0.29) is 24.2 Å². The summed E-state index contributed by atoms with van der Waals surface area (Å²) >= 11 is 6.21. The maximum Gasteiger partial charge on any atom is 0.272 e. The van der Waals surface area contributed by atoms with Crippen LogP contribution in [0.15, 0.2) is 72.8 Å². The average Bonchev–Trinajstić information content (AvgIpc) is 3.10. The Bertz CT molecular complexity index is 1300. The number of anilines is 2. The maximum absolute atomic E-state index is 14.3. The van der Waals surface area contributed by atoms with E-state index in [1.807, 2.05) is 24.3 Å². The van der Waals surface area contributed by atoms with Crippen molar-refractivity contribution < 1.29 is 14.0 Å². The number of carbonyl (C=O) groups is 2. The molecule has 0 fully saturated rings. The molecule has 4 rings (SSSR count). The molecule has 3 aromatic carbocycles. The highest BCUT2D eigenvalue weighted by atomic mass is 35.5. The molecule has 0 aliphatic rings. The van der Waals surface area contributed by atoms with Crippen LogP contribution in [-0.4, -0.2) is 16.4 Å². The molecular weight excluding hydrogens is 417 g/mol. The lowest BCUT2D eigenvalue weighted by atomic mass is 10.2. The lowest BCUT2D eigenvalue weighted by Crippen LogP contribution is -2.18. The minimum Gasteiger partial charge on any atom is -0.332 e. The summed E-state index contributed by atoms with van der Waals surface area (Å²) in [5.41, 5.74) is 2.65. The SMILES string of the molecule is CC(=O)Nc1ccc(NC(=O)c2cc3ccccc3n2Cc2ccccc2F)cc1Cl. The zero-order valence-electron chi connectivity index (χ0n) is 16.7. The van der Waals surface area contributed by atoms with E-state index in [0.717, 1.165) is 10.9 Å². The summed E-state index contributed by atoms with van der Waals surface area (Å²) in [5, 5.41) is 6.64. The molecule has 0 aliphatic heterocycles. The molecule has 0 spiro atoms. The zero-order chi connectivity index (χ0) is 22.0. The van der Waals surface area contributed by atoms with Gasteiger partial charge in [-0.1, -0.05) is 48.0 Å². The van der Waals surface area contributed by atoms with Crippen molar-refractivity contribution in [3.8, 4) is 0 Å². The number of benzene rings is 3. The van der Waals surface area contributed by atoms with Crippen molar-refractivity contribution in [2.24, 2.45) is 0 Å². The number of rotatable bonds is 5. The van der Waals surface area contributed by atoms with E-state index in [9.17, 15) is 14.0 Å². The molecule has 2 N–H and O–H groups in total. The third-order valence-corrected chi connectivity index (χ3v) is 5.18. The first-order chi connectivity index (χ1) is 14.9. The monoisotopic (exact) mass is 435 g/mol. The molecular formula is C24H19ClFN3O2. The van der Waals surface area contributed by atoms with Gasteiger partial charge in [0, 0.05) is 29.1 Å². The number of hydrogen-bond acceptors (Lipinski definition) is 2. The van der Waals surface area contributed by atoms with Crippen LogP contribution in [0.2, 0.25) is 5.02 Å². The first-order valence-corrected chi connectivity index (χ1v) is 10.0. The van der Waals surface area contributed by atoms with Gasteiger partial charge >= 0.3 is 0 Å².